The fraction of sp³-hybridized carbons (Fsp3) is 0.0196. The van der Waals surface area contributed by atoms with Gasteiger partial charge in [-0.05, 0) is 108 Å². The first-order valence-corrected chi connectivity index (χ1v) is 17.8. The van der Waals surface area contributed by atoms with Crippen LogP contribution in [0.4, 0.5) is 0 Å². The number of para-hydroxylation sites is 1. The van der Waals surface area contributed by atoms with Crippen LogP contribution in [-0.2, 0) is 0 Å². The molecular weight excluding hydrogens is 629 g/mol. The Morgan fingerprint density at radius 1 is 0.365 bits per heavy atom. The van der Waals surface area contributed by atoms with Gasteiger partial charge in [0.25, 0.3) is 0 Å². The van der Waals surface area contributed by atoms with Crippen LogP contribution in [0.25, 0.3) is 98.8 Å². The summed E-state index contributed by atoms with van der Waals surface area (Å²) in [6.45, 7) is 5.25. The molecule has 0 aliphatic rings. The number of fused-ring (bicyclic) bond motifs is 6. The van der Waals surface area contributed by atoms with Crippen molar-refractivity contribution in [2.24, 2.45) is 0 Å². The summed E-state index contributed by atoms with van der Waals surface area (Å²) < 4.78 is 6.11. The van der Waals surface area contributed by atoms with Gasteiger partial charge in [-0.1, -0.05) is 164 Å². The van der Waals surface area contributed by atoms with Crippen molar-refractivity contribution in [3.63, 3.8) is 0 Å². The normalized spacial score (nSPS) is 11.2. The van der Waals surface area contributed by atoms with Gasteiger partial charge in [0.1, 0.15) is 11.2 Å². The highest BCUT2D eigenvalue weighted by Crippen LogP contribution is 2.46. The second kappa shape index (κ2) is 13.2. The van der Waals surface area contributed by atoms with E-state index in [2.05, 4.69) is 176 Å². The van der Waals surface area contributed by atoms with E-state index in [9.17, 15) is 0 Å². The molecule has 0 saturated heterocycles. The molecule has 1 heterocycles. The van der Waals surface area contributed by atoms with Gasteiger partial charge < -0.3 is 4.42 Å². The second-order valence-corrected chi connectivity index (χ2v) is 13.2. The highest BCUT2D eigenvalue weighted by molar-refractivity contribution is 6.24. The van der Waals surface area contributed by atoms with Crippen LogP contribution in [0, 0.1) is 0 Å². The summed E-state index contributed by atoms with van der Waals surface area (Å²) in [6, 6.07) is 65.9. The Bertz CT molecular complexity index is 2900. The van der Waals surface area contributed by atoms with Gasteiger partial charge in [0.2, 0.25) is 0 Å². The Labute approximate surface area is 303 Å². The molecule has 9 aromatic carbocycles. The molecular formula is C51H36O. The lowest BCUT2D eigenvalue weighted by Crippen LogP contribution is -1.92. The number of furan rings is 1. The van der Waals surface area contributed by atoms with Gasteiger partial charge in [-0.25, -0.2) is 0 Å². The van der Waals surface area contributed by atoms with Crippen LogP contribution in [0.1, 0.15) is 6.92 Å². The Kier molecular flexibility index (Phi) is 7.95. The predicted octanol–water partition coefficient (Wildman–Crippen LogP) is 14.9. The average Bonchev–Trinajstić information content (AvgIpc) is 3.58. The molecule has 52 heavy (non-hydrogen) atoms. The molecule has 0 atom stereocenters. The maximum atomic E-state index is 6.11. The standard InChI is InChI=1S/C48H30O.C3H6/c1-2-11-31(12-3-1)35-25-27-42-44(30-35)47(40-17-6-7-18-41(40)48(42)39-19-10-14-33-13-4-5-15-37(33)39)34-23-21-32(22-24-34)36-26-28-46-43(29-36)38-16-8-9-20-45(38)49-46;1-3-2/h1-30H;3H,1H2,2H3. The Morgan fingerprint density at radius 2 is 0.865 bits per heavy atom. The molecule has 0 aliphatic heterocycles. The molecule has 1 aromatic heterocycles. The van der Waals surface area contributed by atoms with Crippen LogP contribution in [0.5, 0.6) is 0 Å². The summed E-state index contributed by atoms with van der Waals surface area (Å²) in [5.74, 6) is 0. The number of benzene rings is 9. The zero-order valence-corrected chi connectivity index (χ0v) is 29.0. The van der Waals surface area contributed by atoms with E-state index in [4.69, 9.17) is 4.42 Å². The van der Waals surface area contributed by atoms with Crippen molar-refractivity contribution in [3.8, 4) is 44.5 Å². The van der Waals surface area contributed by atoms with Gasteiger partial charge in [0.05, 0.1) is 0 Å². The number of hydrogen-bond acceptors (Lipinski definition) is 1. The fourth-order valence-electron chi connectivity index (χ4n) is 7.77. The summed E-state index contributed by atoms with van der Waals surface area (Å²) in [5.41, 5.74) is 11.6. The molecule has 0 amide bonds. The van der Waals surface area contributed by atoms with Gasteiger partial charge in [0, 0.05) is 10.8 Å². The van der Waals surface area contributed by atoms with Crippen molar-refractivity contribution < 1.29 is 4.42 Å². The van der Waals surface area contributed by atoms with E-state index in [1.165, 1.54) is 76.8 Å². The molecule has 0 saturated carbocycles. The van der Waals surface area contributed by atoms with Crippen LogP contribution in [-0.4, -0.2) is 0 Å². The molecule has 0 bridgehead atoms. The molecule has 0 aliphatic carbocycles. The van der Waals surface area contributed by atoms with Crippen LogP contribution in [0.3, 0.4) is 0 Å². The first-order valence-electron chi connectivity index (χ1n) is 17.8. The van der Waals surface area contributed by atoms with E-state index >= 15 is 0 Å². The maximum Gasteiger partial charge on any atom is 0.135 e. The van der Waals surface area contributed by atoms with E-state index in [0.717, 1.165) is 21.9 Å². The monoisotopic (exact) mass is 664 g/mol. The number of allylic oxidation sites excluding steroid dienone is 1. The minimum absolute atomic E-state index is 0.917. The van der Waals surface area contributed by atoms with E-state index in [1.54, 1.807) is 6.08 Å². The second-order valence-electron chi connectivity index (χ2n) is 13.2. The number of rotatable bonds is 4. The van der Waals surface area contributed by atoms with Gasteiger partial charge in [-0.2, -0.15) is 0 Å². The lowest BCUT2D eigenvalue weighted by molar-refractivity contribution is 0.669. The summed E-state index contributed by atoms with van der Waals surface area (Å²) in [4.78, 5) is 0. The van der Waals surface area contributed by atoms with E-state index in [1.807, 2.05) is 19.1 Å². The van der Waals surface area contributed by atoms with Crippen LogP contribution >= 0.6 is 0 Å². The quantitative estimate of drug-likeness (QED) is 0.135. The fourth-order valence-corrected chi connectivity index (χ4v) is 7.77. The Balaban J connectivity index is 0.00000116. The molecule has 246 valence electrons. The van der Waals surface area contributed by atoms with Crippen molar-refractivity contribution in [1.29, 1.82) is 0 Å². The first kappa shape index (κ1) is 31.3. The van der Waals surface area contributed by atoms with E-state index in [0.29, 0.717) is 0 Å². The van der Waals surface area contributed by atoms with Gasteiger partial charge >= 0.3 is 0 Å². The molecule has 0 fully saturated rings. The van der Waals surface area contributed by atoms with Gasteiger partial charge in [0.15, 0.2) is 0 Å². The van der Waals surface area contributed by atoms with Crippen LogP contribution in [0.2, 0.25) is 0 Å². The lowest BCUT2D eigenvalue weighted by Gasteiger charge is -2.20. The van der Waals surface area contributed by atoms with Crippen LogP contribution in [0.15, 0.2) is 199 Å². The molecule has 0 unspecified atom stereocenters. The molecule has 1 heteroatoms. The van der Waals surface area contributed by atoms with E-state index < -0.39 is 0 Å². The topological polar surface area (TPSA) is 13.1 Å². The highest BCUT2D eigenvalue weighted by Gasteiger charge is 2.19. The van der Waals surface area contributed by atoms with Crippen molar-refractivity contribution in [1.82, 2.24) is 0 Å². The lowest BCUT2D eigenvalue weighted by atomic mass is 9.83. The largest absolute Gasteiger partial charge is 0.456 e. The summed E-state index contributed by atoms with van der Waals surface area (Å²) >= 11 is 0. The highest BCUT2D eigenvalue weighted by atomic mass is 16.3. The van der Waals surface area contributed by atoms with Crippen LogP contribution < -0.4 is 0 Å². The van der Waals surface area contributed by atoms with Crippen molar-refractivity contribution in [3.05, 3.63) is 195 Å². The minimum atomic E-state index is 0.917. The smallest absolute Gasteiger partial charge is 0.135 e. The molecule has 0 radical (unpaired) electrons. The summed E-state index contributed by atoms with van der Waals surface area (Å²) in [6.07, 6.45) is 1.75. The minimum Gasteiger partial charge on any atom is -0.456 e. The molecule has 0 spiro atoms. The maximum absolute atomic E-state index is 6.11. The third-order valence-electron chi connectivity index (χ3n) is 10.1. The zero-order chi connectivity index (χ0) is 35.0. The third-order valence-corrected chi connectivity index (χ3v) is 10.1. The van der Waals surface area contributed by atoms with Crippen molar-refractivity contribution in [2.45, 2.75) is 6.92 Å². The summed E-state index contributed by atoms with van der Waals surface area (Å²) in [7, 11) is 0. The SMILES string of the molecule is C=CC.c1ccc(-c2ccc3c(-c4cccc5ccccc45)c4ccccc4c(-c4ccc(-c5ccc6oc7ccccc7c6c5)cc4)c3c2)cc1. The molecule has 10 rings (SSSR count). The molecule has 10 aromatic rings. The molecule has 1 nitrogen and oxygen atoms in total. The average molecular weight is 665 g/mol. The van der Waals surface area contributed by atoms with E-state index in [-0.39, 0.29) is 0 Å². The Morgan fingerprint density at radius 3 is 1.63 bits per heavy atom. The van der Waals surface area contributed by atoms with Gasteiger partial charge in [-0.15, -0.1) is 6.58 Å². The zero-order valence-electron chi connectivity index (χ0n) is 29.0. The van der Waals surface area contributed by atoms with Crippen molar-refractivity contribution >= 4 is 54.3 Å². The number of hydrogen-bond donors (Lipinski definition) is 0. The Hall–Kier alpha value is -6.70. The predicted molar refractivity (Wildman–Crippen MR) is 224 cm³/mol. The summed E-state index contributed by atoms with van der Waals surface area (Å²) in [5, 5.41) is 9.83. The van der Waals surface area contributed by atoms with Crippen molar-refractivity contribution in [2.75, 3.05) is 0 Å². The first-order chi connectivity index (χ1) is 25.7. The molecule has 0 N–H and O–H groups in total. The van der Waals surface area contributed by atoms with Gasteiger partial charge in [-0.3, -0.25) is 0 Å². The third kappa shape index (κ3) is 5.35.